The van der Waals surface area contributed by atoms with Crippen LogP contribution in [0.1, 0.15) is 11.3 Å². The van der Waals surface area contributed by atoms with Crippen LogP contribution in [0.2, 0.25) is 0 Å². The first-order valence-electron chi connectivity index (χ1n) is 5.90. The van der Waals surface area contributed by atoms with E-state index < -0.39 is 0 Å². The van der Waals surface area contributed by atoms with E-state index >= 15 is 0 Å². The fraction of sp³-hybridized carbons (Fsp3) is 0.286. The molecule has 18 heavy (non-hydrogen) atoms. The second-order valence-electron chi connectivity index (χ2n) is 3.83. The number of benzene rings is 1. The Hall–Kier alpha value is -1.78. The zero-order valence-corrected chi connectivity index (χ0v) is 10.2. The number of rotatable bonds is 7. The topological polar surface area (TPSA) is 57.6 Å². The first-order valence-corrected chi connectivity index (χ1v) is 5.90. The highest BCUT2D eigenvalue weighted by molar-refractivity contribution is 5.26. The van der Waals surface area contributed by atoms with Crippen LogP contribution in [0.5, 0.6) is 5.75 Å². The molecule has 4 heteroatoms. The third-order valence-electron chi connectivity index (χ3n) is 2.48. The summed E-state index contributed by atoms with van der Waals surface area (Å²) in [6, 6.07) is 11.5. The molecule has 0 saturated heterocycles. The molecule has 0 fully saturated rings. The van der Waals surface area contributed by atoms with Crippen molar-refractivity contribution in [3.8, 4) is 5.75 Å². The zero-order valence-electron chi connectivity index (χ0n) is 10.2. The molecule has 0 aliphatic heterocycles. The summed E-state index contributed by atoms with van der Waals surface area (Å²) in [5, 5.41) is 0. The van der Waals surface area contributed by atoms with Crippen molar-refractivity contribution in [2.75, 3.05) is 13.2 Å². The molecule has 0 saturated carbocycles. The smallest absolute Gasteiger partial charge is 0.129 e. The molecule has 0 bridgehead atoms. The average molecular weight is 247 g/mol. The van der Waals surface area contributed by atoms with Gasteiger partial charge in [0.15, 0.2) is 0 Å². The van der Waals surface area contributed by atoms with Gasteiger partial charge in [0.1, 0.15) is 24.7 Å². The molecule has 2 aromatic rings. The first kappa shape index (κ1) is 12.7. The second-order valence-corrected chi connectivity index (χ2v) is 3.83. The van der Waals surface area contributed by atoms with Crippen LogP contribution in [0.25, 0.3) is 0 Å². The van der Waals surface area contributed by atoms with Crippen molar-refractivity contribution >= 4 is 0 Å². The number of nitrogens with two attached hydrogens (primary N) is 1. The minimum atomic E-state index is 0.475. The summed E-state index contributed by atoms with van der Waals surface area (Å²) in [6.07, 6.45) is 1.63. The van der Waals surface area contributed by atoms with Crippen LogP contribution in [-0.4, -0.2) is 13.2 Å². The summed E-state index contributed by atoms with van der Waals surface area (Å²) in [4.78, 5) is 0. The lowest BCUT2D eigenvalue weighted by atomic mass is 10.2. The van der Waals surface area contributed by atoms with Gasteiger partial charge in [-0.2, -0.15) is 0 Å². The van der Waals surface area contributed by atoms with Crippen LogP contribution in [0.3, 0.4) is 0 Å². The minimum Gasteiger partial charge on any atom is -0.491 e. The van der Waals surface area contributed by atoms with Crippen molar-refractivity contribution in [2.24, 2.45) is 5.73 Å². The maximum Gasteiger partial charge on any atom is 0.129 e. The van der Waals surface area contributed by atoms with E-state index in [1.54, 1.807) is 6.26 Å². The van der Waals surface area contributed by atoms with Gasteiger partial charge in [-0.15, -0.1) is 0 Å². The summed E-state index contributed by atoms with van der Waals surface area (Å²) in [5.74, 6) is 1.65. The molecule has 1 aromatic heterocycles. The molecular formula is C14H17NO3. The Kier molecular flexibility index (Phi) is 4.81. The molecule has 0 atom stereocenters. The summed E-state index contributed by atoms with van der Waals surface area (Å²) in [7, 11) is 0. The van der Waals surface area contributed by atoms with Gasteiger partial charge in [0, 0.05) is 6.54 Å². The van der Waals surface area contributed by atoms with Crippen LogP contribution in [0.15, 0.2) is 47.1 Å². The van der Waals surface area contributed by atoms with E-state index in [0.29, 0.717) is 26.4 Å². The second kappa shape index (κ2) is 6.83. The Balaban J connectivity index is 1.62. The lowest BCUT2D eigenvalue weighted by Crippen LogP contribution is -2.06. The van der Waals surface area contributed by atoms with E-state index in [4.69, 9.17) is 19.6 Å². The van der Waals surface area contributed by atoms with Crippen molar-refractivity contribution in [1.29, 1.82) is 0 Å². The maximum atomic E-state index is 5.53. The molecule has 1 heterocycles. The largest absolute Gasteiger partial charge is 0.491 e. The fourth-order valence-electron chi connectivity index (χ4n) is 1.51. The van der Waals surface area contributed by atoms with E-state index in [-0.39, 0.29) is 0 Å². The highest BCUT2D eigenvalue weighted by Crippen LogP contribution is 2.11. The van der Waals surface area contributed by atoms with E-state index in [2.05, 4.69) is 0 Å². The van der Waals surface area contributed by atoms with E-state index in [9.17, 15) is 0 Å². The van der Waals surface area contributed by atoms with E-state index in [1.165, 1.54) is 0 Å². The predicted octanol–water partition coefficient (Wildman–Crippen LogP) is 2.33. The van der Waals surface area contributed by atoms with Gasteiger partial charge in [-0.1, -0.05) is 12.1 Å². The molecule has 1 aromatic carbocycles. The van der Waals surface area contributed by atoms with Crippen molar-refractivity contribution < 1.29 is 13.9 Å². The van der Waals surface area contributed by atoms with Crippen LogP contribution in [0, 0.1) is 0 Å². The van der Waals surface area contributed by atoms with Crippen LogP contribution >= 0.6 is 0 Å². The Bertz CT molecular complexity index is 437. The van der Waals surface area contributed by atoms with Gasteiger partial charge in [0.05, 0.1) is 12.9 Å². The lowest BCUT2D eigenvalue weighted by Gasteiger charge is -2.07. The molecule has 0 aliphatic carbocycles. The number of furan rings is 1. The predicted molar refractivity (Wildman–Crippen MR) is 68.2 cm³/mol. The standard InChI is InChI=1S/C14H17NO3/c15-10-12-3-5-13(6-4-12)18-9-8-16-11-14-2-1-7-17-14/h1-7H,8-11,15H2. The Morgan fingerprint density at radius 2 is 1.89 bits per heavy atom. The molecule has 0 amide bonds. The van der Waals surface area contributed by atoms with Crippen molar-refractivity contribution in [3.05, 3.63) is 54.0 Å². The minimum absolute atomic E-state index is 0.475. The molecule has 0 radical (unpaired) electrons. The van der Waals surface area contributed by atoms with Crippen molar-refractivity contribution in [2.45, 2.75) is 13.2 Å². The molecule has 0 aliphatic rings. The van der Waals surface area contributed by atoms with Crippen molar-refractivity contribution in [1.82, 2.24) is 0 Å². The number of hydrogen-bond acceptors (Lipinski definition) is 4. The fourth-order valence-corrected chi connectivity index (χ4v) is 1.51. The van der Waals surface area contributed by atoms with E-state index in [1.807, 2.05) is 36.4 Å². The molecule has 4 nitrogen and oxygen atoms in total. The van der Waals surface area contributed by atoms with Gasteiger partial charge >= 0.3 is 0 Å². The SMILES string of the molecule is NCc1ccc(OCCOCc2ccco2)cc1. The summed E-state index contributed by atoms with van der Waals surface area (Å²) in [5.41, 5.74) is 6.61. The summed E-state index contributed by atoms with van der Waals surface area (Å²) >= 11 is 0. The summed E-state index contributed by atoms with van der Waals surface area (Å²) in [6.45, 7) is 2.07. The number of hydrogen-bond donors (Lipinski definition) is 1. The molecule has 0 unspecified atom stereocenters. The van der Waals surface area contributed by atoms with Crippen LogP contribution < -0.4 is 10.5 Å². The monoisotopic (exact) mass is 247 g/mol. The third kappa shape index (κ3) is 3.91. The van der Waals surface area contributed by atoms with E-state index in [0.717, 1.165) is 17.1 Å². The van der Waals surface area contributed by atoms with Crippen molar-refractivity contribution in [3.63, 3.8) is 0 Å². The quantitative estimate of drug-likeness (QED) is 0.763. The molecule has 0 spiro atoms. The highest BCUT2D eigenvalue weighted by Gasteiger charge is 1.97. The van der Waals surface area contributed by atoms with Gasteiger partial charge in [-0.25, -0.2) is 0 Å². The molecule has 96 valence electrons. The third-order valence-corrected chi connectivity index (χ3v) is 2.48. The Morgan fingerprint density at radius 1 is 1.06 bits per heavy atom. The lowest BCUT2D eigenvalue weighted by molar-refractivity contribution is 0.0781. The van der Waals surface area contributed by atoms with Gasteiger partial charge in [0.2, 0.25) is 0 Å². The maximum absolute atomic E-state index is 5.53. The average Bonchev–Trinajstić information content (AvgIpc) is 2.92. The molecule has 2 rings (SSSR count). The Labute approximate surface area is 106 Å². The zero-order chi connectivity index (χ0) is 12.6. The Morgan fingerprint density at radius 3 is 2.56 bits per heavy atom. The molecule has 2 N–H and O–H groups in total. The molecular weight excluding hydrogens is 230 g/mol. The first-order chi connectivity index (χ1) is 8.88. The van der Waals surface area contributed by atoms with Crippen LogP contribution in [-0.2, 0) is 17.9 Å². The highest BCUT2D eigenvalue weighted by atomic mass is 16.5. The normalized spacial score (nSPS) is 10.5. The van der Waals surface area contributed by atoms with Gasteiger partial charge in [0.25, 0.3) is 0 Å². The van der Waals surface area contributed by atoms with Crippen LogP contribution in [0.4, 0.5) is 0 Å². The van der Waals surface area contributed by atoms with Gasteiger partial charge in [-0.05, 0) is 29.8 Å². The number of ether oxygens (including phenoxy) is 2. The summed E-state index contributed by atoms with van der Waals surface area (Å²) < 4.78 is 16.1. The van der Waals surface area contributed by atoms with Gasteiger partial charge in [-0.3, -0.25) is 0 Å². The van der Waals surface area contributed by atoms with Gasteiger partial charge < -0.3 is 19.6 Å².